The van der Waals surface area contributed by atoms with Gasteiger partial charge in [-0.3, -0.25) is 0 Å². The van der Waals surface area contributed by atoms with Crippen LogP contribution in [0.4, 0.5) is 10.1 Å². The van der Waals surface area contributed by atoms with Crippen LogP contribution in [0.2, 0.25) is 0 Å². The van der Waals surface area contributed by atoms with Gasteiger partial charge in [-0.05, 0) is 12.1 Å². The molecule has 0 radical (unpaired) electrons. The minimum absolute atomic E-state index is 0.175. The molecule has 4 heteroatoms. The van der Waals surface area contributed by atoms with E-state index in [-0.39, 0.29) is 12.4 Å². The van der Waals surface area contributed by atoms with Crippen LogP contribution in [0.25, 0.3) is 0 Å². The van der Waals surface area contributed by atoms with Gasteiger partial charge in [0.1, 0.15) is 18.2 Å². The molecule has 0 saturated carbocycles. The summed E-state index contributed by atoms with van der Waals surface area (Å²) in [5.41, 5.74) is 2.09. The Morgan fingerprint density at radius 3 is 2.85 bits per heavy atom. The number of benzene rings is 2. The van der Waals surface area contributed by atoms with E-state index in [0.717, 1.165) is 11.3 Å². The summed E-state index contributed by atoms with van der Waals surface area (Å²) in [5, 5.41) is 9.41. The van der Waals surface area contributed by atoms with Gasteiger partial charge in [-0.2, -0.15) is 0 Å². The number of ether oxygens (including phenoxy) is 1. The van der Waals surface area contributed by atoms with Crippen molar-refractivity contribution in [3.05, 3.63) is 59.4 Å². The second-order valence-electron chi connectivity index (χ2n) is 4.78. The molecule has 0 atom stereocenters. The summed E-state index contributed by atoms with van der Waals surface area (Å²) < 4.78 is 19.8. The first-order chi connectivity index (χ1) is 9.79. The molecule has 0 saturated heterocycles. The van der Waals surface area contributed by atoms with Gasteiger partial charge >= 0.3 is 0 Å². The van der Waals surface area contributed by atoms with E-state index in [1.54, 1.807) is 12.1 Å². The summed E-state index contributed by atoms with van der Waals surface area (Å²) in [4.78, 5) is 1.92. The van der Waals surface area contributed by atoms with Gasteiger partial charge in [-0.25, -0.2) is 4.39 Å². The summed E-state index contributed by atoms with van der Waals surface area (Å²) in [6, 6.07) is 12.6. The normalized spacial score (nSPS) is 14.4. The highest BCUT2D eigenvalue weighted by molar-refractivity contribution is 5.56. The van der Waals surface area contributed by atoms with Crippen molar-refractivity contribution in [3.8, 4) is 5.75 Å². The molecule has 104 valence electrons. The fraction of sp³-hybridized carbons (Fsp3) is 0.250. The Kier molecular flexibility index (Phi) is 3.56. The fourth-order valence-corrected chi connectivity index (χ4v) is 2.56. The number of halogens is 1. The zero-order chi connectivity index (χ0) is 13.9. The standard InChI is InChI=1S/C16H16FNO2/c17-14-6-3-5-13(11-19)16(14)18-8-9-20-15-7-2-1-4-12(15)10-18/h1-7,19H,8-11H2. The van der Waals surface area contributed by atoms with E-state index in [2.05, 4.69) is 0 Å². The van der Waals surface area contributed by atoms with Gasteiger partial charge in [0.05, 0.1) is 18.8 Å². The van der Waals surface area contributed by atoms with Gasteiger partial charge in [-0.15, -0.1) is 0 Å². The summed E-state index contributed by atoms with van der Waals surface area (Å²) in [7, 11) is 0. The minimum atomic E-state index is -0.309. The lowest BCUT2D eigenvalue weighted by Gasteiger charge is -2.25. The largest absolute Gasteiger partial charge is 0.491 e. The lowest BCUT2D eigenvalue weighted by atomic mass is 10.1. The number of hydrogen-bond donors (Lipinski definition) is 1. The van der Waals surface area contributed by atoms with E-state index >= 15 is 0 Å². The van der Waals surface area contributed by atoms with Gasteiger partial charge in [0.25, 0.3) is 0 Å². The lowest BCUT2D eigenvalue weighted by molar-refractivity contribution is 0.281. The first kappa shape index (κ1) is 12.9. The van der Waals surface area contributed by atoms with Crippen LogP contribution < -0.4 is 9.64 Å². The Balaban J connectivity index is 2.00. The molecule has 2 aromatic rings. The molecule has 1 aliphatic heterocycles. The molecule has 0 amide bonds. The second kappa shape index (κ2) is 5.51. The molecule has 0 bridgehead atoms. The monoisotopic (exact) mass is 273 g/mol. The molecule has 1 aliphatic rings. The first-order valence-corrected chi connectivity index (χ1v) is 6.63. The van der Waals surface area contributed by atoms with E-state index in [1.165, 1.54) is 6.07 Å². The van der Waals surface area contributed by atoms with Gasteiger partial charge in [0.2, 0.25) is 0 Å². The summed E-state index contributed by atoms with van der Waals surface area (Å²) in [6.45, 7) is 1.48. The van der Waals surface area contributed by atoms with E-state index in [1.807, 2.05) is 29.2 Å². The number of aliphatic hydroxyl groups excluding tert-OH is 1. The molecule has 1 heterocycles. The van der Waals surface area contributed by atoms with Crippen molar-refractivity contribution < 1.29 is 14.2 Å². The van der Waals surface area contributed by atoms with E-state index < -0.39 is 0 Å². The summed E-state index contributed by atoms with van der Waals surface area (Å²) in [5.74, 6) is 0.535. The molecule has 0 fully saturated rings. The SMILES string of the molecule is OCc1cccc(F)c1N1CCOc2ccccc2C1. The maximum absolute atomic E-state index is 14.1. The van der Waals surface area contributed by atoms with Crippen molar-refractivity contribution in [2.75, 3.05) is 18.1 Å². The molecule has 0 aromatic heterocycles. The molecule has 0 spiro atoms. The second-order valence-corrected chi connectivity index (χ2v) is 4.78. The van der Waals surface area contributed by atoms with Crippen LogP contribution in [-0.4, -0.2) is 18.3 Å². The molecular weight excluding hydrogens is 257 g/mol. The molecule has 0 unspecified atom stereocenters. The van der Waals surface area contributed by atoms with E-state index in [4.69, 9.17) is 4.74 Å². The van der Waals surface area contributed by atoms with Crippen LogP contribution in [0.5, 0.6) is 5.75 Å². The third-order valence-corrected chi connectivity index (χ3v) is 3.51. The quantitative estimate of drug-likeness (QED) is 0.913. The van der Waals surface area contributed by atoms with E-state index in [9.17, 15) is 9.50 Å². The third kappa shape index (κ3) is 2.34. The summed E-state index contributed by atoms with van der Waals surface area (Å²) in [6.07, 6.45) is 0. The number of aliphatic hydroxyl groups is 1. The highest BCUT2D eigenvalue weighted by atomic mass is 19.1. The maximum atomic E-state index is 14.1. The predicted octanol–water partition coefficient (Wildman–Crippen LogP) is 2.72. The molecule has 3 rings (SSSR count). The molecule has 2 aromatic carbocycles. The molecule has 1 N–H and O–H groups in total. The van der Waals surface area contributed by atoms with Crippen LogP contribution in [0.15, 0.2) is 42.5 Å². The molecule has 20 heavy (non-hydrogen) atoms. The number of nitrogens with zero attached hydrogens (tertiary/aromatic N) is 1. The van der Waals surface area contributed by atoms with Crippen LogP contribution in [0.3, 0.4) is 0 Å². The third-order valence-electron chi connectivity index (χ3n) is 3.51. The molecule has 3 nitrogen and oxygen atoms in total. The number of para-hydroxylation sites is 2. The first-order valence-electron chi connectivity index (χ1n) is 6.63. The van der Waals surface area contributed by atoms with E-state index in [0.29, 0.717) is 30.9 Å². The topological polar surface area (TPSA) is 32.7 Å². The zero-order valence-corrected chi connectivity index (χ0v) is 11.1. The van der Waals surface area contributed by atoms with Crippen molar-refractivity contribution >= 4 is 5.69 Å². The van der Waals surface area contributed by atoms with Crippen LogP contribution in [0.1, 0.15) is 11.1 Å². The minimum Gasteiger partial charge on any atom is -0.491 e. The Morgan fingerprint density at radius 2 is 2.00 bits per heavy atom. The van der Waals surface area contributed by atoms with Crippen LogP contribution in [-0.2, 0) is 13.2 Å². The van der Waals surface area contributed by atoms with Crippen molar-refractivity contribution in [1.29, 1.82) is 0 Å². The number of rotatable bonds is 2. The highest BCUT2D eigenvalue weighted by Crippen LogP contribution is 2.30. The van der Waals surface area contributed by atoms with Crippen molar-refractivity contribution in [3.63, 3.8) is 0 Å². The smallest absolute Gasteiger partial charge is 0.146 e. The van der Waals surface area contributed by atoms with Crippen LogP contribution >= 0.6 is 0 Å². The zero-order valence-electron chi connectivity index (χ0n) is 11.1. The number of anilines is 1. The molecular formula is C16H16FNO2. The van der Waals surface area contributed by atoms with Crippen molar-refractivity contribution in [2.24, 2.45) is 0 Å². The Bertz CT molecular complexity index is 615. The van der Waals surface area contributed by atoms with Crippen molar-refractivity contribution in [1.82, 2.24) is 0 Å². The average Bonchev–Trinajstić information content (AvgIpc) is 2.68. The summed E-state index contributed by atoms with van der Waals surface area (Å²) >= 11 is 0. The average molecular weight is 273 g/mol. The number of hydrogen-bond acceptors (Lipinski definition) is 3. The fourth-order valence-electron chi connectivity index (χ4n) is 2.56. The predicted molar refractivity (Wildman–Crippen MR) is 75.3 cm³/mol. The van der Waals surface area contributed by atoms with Gasteiger partial charge in [-0.1, -0.05) is 30.3 Å². The van der Waals surface area contributed by atoms with Gasteiger partial charge < -0.3 is 14.7 Å². The highest BCUT2D eigenvalue weighted by Gasteiger charge is 2.20. The Hall–Kier alpha value is -2.07. The van der Waals surface area contributed by atoms with Crippen molar-refractivity contribution in [2.45, 2.75) is 13.2 Å². The Morgan fingerprint density at radius 1 is 1.15 bits per heavy atom. The maximum Gasteiger partial charge on any atom is 0.146 e. The van der Waals surface area contributed by atoms with Crippen LogP contribution in [0, 0.1) is 5.82 Å². The molecule has 0 aliphatic carbocycles. The Labute approximate surface area is 117 Å². The van der Waals surface area contributed by atoms with Gasteiger partial charge in [0.15, 0.2) is 0 Å². The number of fused-ring (bicyclic) bond motifs is 1. The lowest BCUT2D eigenvalue weighted by Crippen LogP contribution is -2.27. The van der Waals surface area contributed by atoms with Gasteiger partial charge in [0, 0.05) is 17.7 Å².